The second-order valence-corrected chi connectivity index (χ2v) is 23.5. The van der Waals surface area contributed by atoms with E-state index in [0.717, 1.165) is 38.5 Å². The first-order valence-corrected chi connectivity index (χ1v) is 34.0. The van der Waals surface area contributed by atoms with Gasteiger partial charge in [-0.15, -0.1) is 0 Å². The van der Waals surface area contributed by atoms with E-state index in [0.29, 0.717) is 19.4 Å². The maximum absolute atomic E-state index is 12.5. The average molecular weight is 1040 g/mol. The van der Waals surface area contributed by atoms with Crippen molar-refractivity contribution in [2.75, 3.05) is 13.2 Å². The lowest BCUT2D eigenvalue weighted by atomic mass is 10.0. The van der Waals surface area contributed by atoms with Crippen molar-refractivity contribution in [3.63, 3.8) is 0 Å². The van der Waals surface area contributed by atoms with E-state index < -0.39 is 12.1 Å². The highest BCUT2D eigenvalue weighted by Crippen LogP contribution is 2.19. The SMILES string of the molecule is CCCCCCCCCCCCC/C=C/C(O)C(CO)NC(=O)CCCCCCCCCCCCCCCCCCCCCCCCCCCCCCCCCCCOC(=O)CCCCCCCCCCCCC. The van der Waals surface area contributed by atoms with Crippen LogP contribution in [-0.2, 0) is 14.3 Å². The van der Waals surface area contributed by atoms with Gasteiger partial charge in [-0.2, -0.15) is 0 Å². The molecule has 0 spiro atoms. The summed E-state index contributed by atoms with van der Waals surface area (Å²) in [5.74, 6) is -0.0396. The number of ether oxygens (including phenoxy) is 1. The van der Waals surface area contributed by atoms with Gasteiger partial charge in [-0.1, -0.05) is 353 Å². The quantitative estimate of drug-likeness (QED) is 0.0320. The number of rotatable bonds is 64. The van der Waals surface area contributed by atoms with E-state index in [1.54, 1.807) is 6.08 Å². The standard InChI is InChI=1S/C68H133NO5/c1-3-5-7-9-11-13-15-37-41-44-48-52-56-60-66(71)65(64-70)69-67(72)61-57-53-49-45-42-38-35-33-31-29-27-25-23-21-19-17-16-18-20-22-24-26-28-30-32-34-36-39-43-47-51-55-59-63-74-68(73)62-58-54-50-46-40-14-12-10-8-6-4-2/h56,60,65-66,70-71H,3-55,57-59,61-64H2,1-2H3,(H,69,72)/b60-56+. The summed E-state index contributed by atoms with van der Waals surface area (Å²) in [6.45, 7) is 4.93. The van der Waals surface area contributed by atoms with E-state index in [1.807, 2.05) is 6.08 Å². The number of carbonyl (C=O) groups is 2. The van der Waals surface area contributed by atoms with E-state index in [9.17, 15) is 19.8 Å². The van der Waals surface area contributed by atoms with Crippen LogP contribution in [0.2, 0.25) is 0 Å². The third-order valence-electron chi connectivity index (χ3n) is 16.1. The Balaban J connectivity index is 3.31. The first kappa shape index (κ1) is 72.6. The molecule has 6 heteroatoms. The average Bonchev–Trinajstić information content (AvgIpc) is 3.40. The van der Waals surface area contributed by atoms with E-state index in [-0.39, 0.29) is 18.5 Å². The molecule has 0 saturated heterocycles. The van der Waals surface area contributed by atoms with Crippen LogP contribution in [0.4, 0.5) is 0 Å². The van der Waals surface area contributed by atoms with Gasteiger partial charge in [-0.05, 0) is 32.1 Å². The largest absolute Gasteiger partial charge is 0.466 e. The Hall–Kier alpha value is -1.40. The molecule has 1 amide bonds. The van der Waals surface area contributed by atoms with Gasteiger partial charge in [0.1, 0.15) is 0 Å². The maximum Gasteiger partial charge on any atom is 0.305 e. The molecular formula is C68H133NO5. The molecule has 0 saturated carbocycles. The molecule has 2 unspecified atom stereocenters. The van der Waals surface area contributed by atoms with Crippen LogP contribution in [0.5, 0.6) is 0 Å². The fourth-order valence-electron chi connectivity index (χ4n) is 10.9. The van der Waals surface area contributed by atoms with Crippen molar-refractivity contribution in [2.24, 2.45) is 0 Å². The summed E-state index contributed by atoms with van der Waals surface area (Å²) in [4.78, 5) is 24.5. The number of hydrogen-bond donors (Lipinski definition) is 3. The molecule has 0 bridgehead atoms. The lowest BCUT2D eigenvalue weighted by molar-refractivity contribution is -0.143. The van der Waals surface area contributed by atoms with Crippen LogP contribution in [0, 0.1) is 0 Å². The normalized spacial score (nSPS) is 12.5. The van der Waals surface area contributed by atoms with E-state index >= 15 is 0 Å². The Morgan fingerprint density at radius 1 is 0.365 bits per heavy atom. The Bertz CT molecular complexity index is 1110. The van der Waals surface area contributed by atoms with Gasteiger partial charge in [0.15, 0.2) is 0 Å². The van der Waals surface area contributed by atoms with Crippen LogP contribution in [0.3, 0.4) is 0 Å². The highest BCUT2D eigenvalue weighted by atomic mass is 16.5. The fourth-order valence-corrected chi connectivity index (χ4v) is 10.9. The molecule has 6 nitrogen and oxygen atoms in total. The maximum atomic E-state index is 12.5. The van der Waals surface area contributed by atoms with Gasteiger partial charge in [0.2, 0.25) is 5.91 Å². The topological polar surface area (TPSA) is 95.9 Å². The van der Waals surface area contributed by atoms with Gasteiger partial charge < -0.3 is 20.3 Å². The van der Waals surface area contributed by atoms with Crippen molar-refractivity contribution in [3.05, 3.63) is 12.2 Å². The van der Waals surface area contributed by atoms with Gasteiger partial charge in [0, 0.05) is 12.8 Å². The number of unbranched alkanes of at least 4 members (excludes halogenated alkanes) is 53. The van der Waals surface area contributed by atoms with Crippen molar-refractivity contribution in [1.29, 1.82) is 0 Å². The summed E-state index contributed by atoms with van der Waals surface area (Å²) in [5.41, 5.74) is 0. The summed E-state index contributed by atoms with van der Waals surface area (Å²) < 4.78 is 5.48. The lowest BCUT2D eigenvalue weighted by Gasteiger charge is -2.20. The smallest absolute Gasteiger partial charge is 0.305 e. The number of nitrogens with one attached hydrogen (secondary N) is 1. The Morgan fingerprint density at radius 2 is 0.622 bits per heavy atom. The molecule has 0 radical (unpaired) electrons. The summed E-state index contributed by atoms with van der Waals surface area (Å²) in [6, 6.07) is -0.622. The van der Waals surface area contributed by atoms with Crippen molar-refractivity contribution < 1.29 is 24.5 Å². The molecule has 74 heavy (non-hydrogen) atoms. The first-order chi connectivity index (χ1) is 36.5. The minimum Gasteiger partial charge on any atom is -0.466 e. The second kappa shape index (κ2) is 64.1. The van der Waals surface area contributed by atoms with Gasteiger partial charge in [0.05, 0.1) is 25.4 Å². The van der Waals surface area contributed by atoms with Crippen molar-refractivity contribution >= 4 is 11.9 Å². The third-order valence-corrected chi connectivity index (χ3v) is 16.1. The molecule has 440 valence electrons. The highest BCUT2D eigenvalue weighted by Gasteiger charge is 2.18. The molecule has 0 aliphatic rings. The molecular weight excluding hydrogens is 911 g/mol. The number of aliphatic hydroxyl groups excluding tert-OH is 2. The predicted molar refractivity (Wildman–Crippen MR) is 324 cm³/mol. The minimum absolute atomic E-state index is 0.0217. The van der Waals surface area contributed by atoms with Crippen LogP contribution in [0.25, 0.3) is 0 Å². The summed E-state index contributed by atoms with van der Waals surface area (Å²) in [7, 11) is 0. The first-order valence-electron chi connectivity index (χ1n) is 34.0. The molecule has 0 fully saturated rings. The Morgan fingerprint density at radius 3 is 0.919 bits per heavy atom. The number of esters is 1. The van der Waals surface area contributed by atoms with E-state index in [2.05, 4.69) is 19.2 Å². The molecule has 2 atom stereocenters. The molecule has 0 aromatic heterocycles. The Labute approximate surface area is 463 Å². The van der Waals surface area contributed by atoms with Gasteiger partial charge in [-0.25, -0.2) is 0 Å². The number of hydrogen-bond acceptors (Lipinski definition) is 5. The second-order valence-electron chi connectivity index (χ2n) is 23.5. The van der Waals surface area contributed by atoms with Crippen LogP contribution in [0.15, 0.2) is 12.2 Å². The van der Waals surface area contributed by atoms with Crippen LogP contribution in [0.1, 0.15) is 386 Å². The lowest BCUT2D eigenvalue weighted by Crippen LogP contribution is -2.45. The molecule has 0 aliphatic carbocycles. The summed E-state index contributed by atoms with van der Waals surface area (Å²) in [6.07, 6.45) is 78.7. The van der Waals surface area contributed by atoms with E-state index in [4.69, 9.17) is 4.74 Å². The van der Waals surface area contributed by atoms with Crippen molar-refractivity contribution in [3.8, 4) is 0 Å². The summed E-state index contributed by atoms with van der Waals surface area (Å²) >= 11 is 0. The molecule has 0 rings (SSSR count). The number of allylic oxidation sites excluding steroid dienone is 1. The monoisotopic (exact) mass is 1040 g/mol. The third kappa shape index (κ3) is 59.8. The molecule has 0 heterocycles. The minimum atomic E-state index is -0.839. The highest BCUT2D eigenvalue weighted by molar-refractivity contribution is 5.76. The van der Waals surface area contributed by atoms with Crippen LogP contribution >= 0.6 is 0 Å². The van der Waals surface area contributed by atoms with Crippen molar-refractivity contribution in [2.45, 2.75) is 398 Å². The van der Waals surface area contributed by atoms with Gasteiger partial charge >= 0.3 is 5.97 Å². The number of carbonyl (C=O) groups excluding carboxylic acids is 2. The number of aliphatic hydroxyl groups is 2. The van der Waals surface area contributed by atoms with Gasteiger partial charge in [-0.3, -0.25) is 9.59 Å². The zero-order valence-corrected chi connectivity index (χ0v) is 50.4. The zero-order chi connectivity index (χ0) is 53.6. The van der Waals surface area contributed by atoms with E-state index in [1.165, 1.54) is 321 Å². The zero-order valence-electron chi connectivity index (χ0n) is 50.4. The fraction of sp³-hybridized carbons (Fsp3) is 0.941. The van der Waals surface area contributed by atoms with Crippen LogP contribution in [-0.4, -0.2) is 47.4 Å². The number of amides is 1. The molecule has 3 N–H and O–H groups in total. The Kier molecular flexibility index (Phi) is 62.9. The van der Waals surface area contributed by atoms with Crippen LogP contribution < -0.4 is 5.32 Å². The molecule has 0 aliphatic heterocycles. The molecule has 0 aromatic rings. The predicted octanol–water partition coefficient (Wildman–Crippen LogP) is 21.6. The van der Waals surface area contributed by atoms with Gasteiger partial charge in [0.25, 0.3) is 0 Å². The molecule has 0 aromatic carbocycles. The summed E-state index contributed by atoms with van der Waals surface area (Å²) in [5, 5.41) is 23.1. The van der Waals surface area contributed by atoms with Crippen molar-refractivity contribution in [1.82, 2.24) is 5.32 Å².